The highest BCUT2D eigenvalue weighted by molar-refractivity contribution is 7.91. The summed E-state index contributed by atoms with van der Waals surface area (Å²) in [4.78, 5) is 2.06. The lowest BCUT2D eigenvalue weighted by molar-refractivity contribution is 0.0285. The van der Waals surface area contributed by atoms with Gasteiger partial charge >= 0.3 is 0 Å². The maximum absolute atomic E-state index is 11.4. The molecule has 5 nitrogen and oxygen atoms in total. The van der Waals surface area contributed by atoms with Crippen molar-refractivity contribution in [2.24, 2.45) is 5.92 Å². The number of aliphatic hydroxyl groups excluding tert-OH is 2. The first-order valence-electron chi connectivity index (χ1n) is 6.19. The van der Waals surface area contributed by atoms with Gasteiger partial charge in [0.1, 0.15) is 0 Å². The Hall–Kier alpha value is -0.170. The number of hydrogen-bond acceptors (Lipinski definition) is 5. The van der Waals surface area contributed by atoms with E-state index in [0.717, 1.165) is 25.9 Å². The largest absolute Gasteiger partial charge is 0.393 e. The first kappa shape index (κ1) is 13.3. The lowest BCUT2D eigenvalue weighted by atomic mass is 9.91. The van der Waals surface area contributed by atoms with Gasteiger partial charge in [-0.2, -0.15) is 0 Å². The molecule has 2 aliphatic heterocycles. The molecular weight excluding hydrogens is 242 g/mol. The van der Waals surface area contributed by atoms with Gasteiger partial charge in [0.2, 0.25) is 0 Å². The Bertz CT molecular complexity index is 360. The molecule has 2 rings (SSSR count). The first-order chi connectivity index (χ1) is 7.89. The topological polar surface area (TPSA) is 77.8 Å². The average Bonchev–Trinajstić information content (AvgIpc) is 2.52. The van der Waals surface area contributed by atoms with E-state index in [0.29, 0.717) is 5.92 Å². The summed E-state index contributed by atoms with van der Waals surface area (Å²) < 4.78 is 22.9. The van der Waals surface area contributed by atoms with Gasteiger partial charge in [0.25, 0.3) is 0 Å². The molecule has 0 aromatic carbocycles. The fourth-order valence-electron chi connectivity index (χ4n) is 2.89. The molecule has 3 unspecified atom stereocenters. The number of hydrogen-bond donors (Lipinski definition) is 2. The number of piperidine rings is 1. The van der Waals surface area contributed by atoms with E-state index in [9.17, 15) is 18.6 Å². The van der Waals surface area contributed by atoms with E-state index in [1.54, 1.807) is 6.92 Å². The second-order valence-corrected chi connectivity index (χ2v) is 7.48. The minimum atomic E-state index is -3.06. The molecule has 0 radical (unpaired) electrons. The van der Waals surface area contributed by atoms with Gasteiger partial charge in [0, 0.05) is 0 Å². The Kier molecular flexibility index (Phi) is 3.77. The molecule has 2 N–H and O–H groups in total. The lowest BCUT2D eigenvalue weighted by Gasteiger charge is -2.37. The molecule has 6 heteroatoms. The van der Waals surface area contributed by atoms with Crippen LogP contribution in [0, 0.1) is 5.92 Å². The van der Waals surface area contributed by atoms with E-state index in [4.69, 9.17) is 0 Å². The predicted molar refractivity (Wildman–Crippen MR) is 64.4 cm³/mol. The lowest BCUT2D eigenvalue weighted by Crippen LogP contribution is -2.48. The van der Waals surface area contributed by atoms with Crippen molar-refractivity contribution in [3.8, 4) is 0 Å². The fourth-order valence-corrected chi connectivity index (χ4v) is 4.72. The summed E-state index contributed by atoms with van der Waals surface area (Å²) in [5.41, 5.74) is 0. The van der Waals surface area contributed by atoms with E-state index >= 15 is 0 Å². The monoisotopic (exact) mass is 263 g/mol. The summed E-state index contributed by atoms with van der Waals surface area (Å²) in [7, 11) is -3.06. The second-order valence-electron chi connectivity index (χ2n) is 5.33. The SMILES string of the molecule is CC(O)C1CCN(C2CS(=O)(=O)CC2O)CC1. The summed E-state index contributed by atoms with van der Waals surface area (Å²) in [5, 5.41) is 19.3. The van der Waals surface area contributed by atoms with Crippen molar-refractivity contribution in [1.82, 2.24) is 4.90 Å². The Balaban J connectivity index is 1.93. The molecular formula is C11H21NO4S. The summed E-state index contributed by atoms with van der Waals surface area (Å²) in [6, 6.07) is -0.241. The van der Waals surface area contributed by atoms with E-state index in [1.165, 1.54) is 0 Å². The molecule has 0 amide bonds. The van der Waals surface area contributed by atoms with Crippen molar-refractivity contribution in [1.29, 1.82) is 0 Å². The molecule has 2 aliphatic rings. The van der Waals surface area contributed by atoms with Gasteiger partial charge in [-0.3, -0.25) is 4.90 Å². The van der Waals surface area contributed by atoms with Crippen LogP contribution >= 0.6 is 0 Å². The van der Waals surface area contributed by atoms with Gasteiger partial charge in [-0.15, -0.1) is 0 Å². The molecule has 2 fully saturated rings. The highest BCUT2D eigenvalue weighted by Crippen LogP contribution is 2.26. The molecule has 17 heavy (non-hydrogen) atoms. The van der Waals surface area contributed by atoms with Crippen molar-refractivity contribution in [2.75, 3.05) is 24.6 Å². The van der Waals surface area contributed by atoms with E-state index in [2.05, 4.69) is 4.90 Å². The minimum absolute atomic E-state index is 0.0769. The zero-order chi connectivity index (χ0) is 12.6. The van der Waals surface area contributed by atoms with Crippen LogP contribution in [0.5, 0.6) is 0 Å². The molecule has 0 aromatic heterocycles. The zero-order valence-electron chi connectivity index (χ0n) is 10.1. The van der Waals surface area contributed by atoms with Crippen molar-refractivity contribution in [3.63, 3.8) is 0 Å². The van der Waals surface area contributed by atoms with E-state index < -0.39 is 15.9 Å². The molecule has 0 spiro atoms. The standard InChI is InChI=1S/C11H21NO4S/c1-8(13)9-2-4-12(5-3-9)10-6-17(15,16)7-11(10)14/h8-11,13-14H,2-7H2,1H3. The van der Waals surface area contributed by atoms with Crippen molar-refractivity contribution in [3.05, 3.63) is 0 Å². The van der Waals surface area contributed by atoms with Gasteiger partial charge in [-0.1, -0.05) is 0 Å². The van der Waals surface area contributed by atoms with Crippen LogP contribution in [-0.2, 0) is 9.84 Å². The third kappa shape index (κ3) is 2.99. The van der Waals surface area contributed by atoms with Crippen LogP contribution in [0.25, 0.3) is 0 Å². The molecule has 0 bridgehead atoms. The van der Waals surface area contributed by atoms with Gasteiger partial charge in [0.05, 0.1) is 29.8 Å². The van der Waals surface area contributed by atoms with Crippen LogP contribution in [0.3, 0.4) is 0 Å². The minimum Gasteiger partial charge on any atom is -0.393 e. The number of aliphatic hydroxyl groups is 2. The summed E-state index contributed by atoms with van der Waals surface area (Å²) >= 11 is 0. The van der Waals surface area contributed by atoms with Crippen LogP contribution in [0.15, 0.2) is 0 Å². The number of rotatable bonds is 2. The van der Waals surface area contributed by atoms with Gasteiger partial charge in [0.15, 0.2) is 9.84 Å². The van der Waals surface area contributed by atoms with Gasteiger partial charge in [-0.25, -0.2) is 8.42 Å². The van der Waals surface area contributed by atoms with Crippen LogP contribution in [-0.4, -0.2) is 66.4 Å². The number of likely N-dealkylation sites (tertiary alicyclic amines) is 1. The molecule has 3 atom stereocenters. The average molecular weight is 263 g/mol. The molecule has 0 aromatic rings. The Morgan fingerprint density at radius 1 is 1.24 bits per heavy atom. The maximum atomic E-state index is 11.4. The molecule has 0 saturated carbocycles. The summed E-state index contributed by atoms with van der Waals surface area (Å²) in [6.45, 7) is 3.34. The van der Waals surface area contributed by atoms with Gasteiger partial charge in [-0.05, 0) is 38.8 Å². The highest BCUT2D eigenvalue weighted by Gasteiger charge is 2.41. The van der Waals surface area contributed by atoms with Crippen molar-refractivity contribution < 1.29 is 18.6 Å². The Labute approximate surface area is 102 Å². The first-order valence-corrected chi connectivity index (χ1v) is 8.02. The molecule has 2 heterocycles. The van der Waals surface area contributed by atoms with E-state index in [-0.39, 0.29) is 23.7 Å². The smallest absolute Gasteiger partial charge is 0.154 e. The van der Waals surface area contributed by atoms with Crippen LogP contribution in [0.1, 0.15) is 19.8 Å². The van der Waals surface area contributed by atoms with Crippen LogP contribution < -0.4 is 0 Å². The molecule has 2 saturated heterocycles. The quantitative estimate of drug-likeness (QED) is 0.684. The van der Waals surface area contributed by atoms with E-state index in [1.807, 2.05) is 0 Å². The Morgan fingerprint density at radius 2 is 1.82 bits per heavy atom. The van der Waals surface area contributed by atoms with Crippen molar-refractivity contribution in [2.45, 2.75) is 38.0 Å². The van der Waals surface area contributed by atoms with Crippen molar-refractivity contribution >= 4 is 9.84 Å². The zero-order valence-corrected chi connectivity index (χ0v) is 10.9. The maximum Gasteiger partial charge on any atom is 0.154 e. The number of sulfone groups is 1. The predicted octanol–water partition coefficient (Wildman–Crippen LogP) is -0.763. The molecule has 0 aliphatic carbocycles. The van der Waals surface area contributed by atoms with Crippen LogP contribution in [0.2, 0.25) is 0 Å². The normalized spacial score (nSPS) is 37.1. The third-order valence-corrected chi connectivity index (χ3v) is 5.72. The van der Waals surface area contributed by atoms with Gasteiger partial charge < -0.3 is 10.2 Å². The molecule has 100 valence electrons. The number of nitrogens with zero attached hydrogens (tertiary/aromatic N) is 1. The summed E-state index contributed by atoms with van der Waals surface area (Å²) in [6.07, 6.45) is 0.708. The Morgan fingerprint density at radius 3 is 2.24 bits per heavy atom. The van der Waals surface area contributed by atoms with Crippen LogP contribution in [0.4, 0.5) is 0 Å². The second kappa shape index (κ2) is 4.84. The third-order valence-electron chi connectivity index (χ3n) is 4.02. The fraction of sp³-hybridized carbons (Fsp3) is 1.00. The summed E-state index contributed by atoms with van der Waals surface area (Å²) in [5.74, 6) is 0.281. The highest BCUT2D eigenvalue weighted by atomic mass is 32.2.